The van der Waals surface area contributed by atoms with Crippen LogP contribution in [-0.4, -0.2) is 71.9 Å². The van der Waals surface area contributed by atoms with Crippen molar-refractivity contribution < 1.29 is 35.9 Å². The van der Waals surface area contributed by atoms with Crippen LogP contribution in [0.2, 0.25) is 0 Å². The van der Waals surface area contributed by atoms with Gasteiger partial charge < -0.3 is 19.9 Å². The maximum atomic E-state index is 13.0. The second kappa shape index (κ2) is 10.6. The van der Waals surface area contributed by atoms with Crippen LogP contribution < -0.4 is 15.8 Å². The fraction of sp³-hybridized carbons (Fsp3) is 0.556. The van der Waals surface area contributed by atoms with Crippen LogP contribution in [0, 0.1) is 0 Å². The number of hydrogen-bond acceptors (Lipinski definition) is 8. The third-order valence-corrected chi connectivity index (χ3v) is 5.94. The molecule has 1 saturated heterocycles. The van der Waals surface area contributed by atoms with Crippen molar-refractivity contribution >= 4 is 28.1 Å². The number of nitrogens with one attached hydrogen (secondary N) is 2. The minimum absolute atomic E-state index is 0.0171. The van der Waals surface area contributed by atoms with Crippen LogP contribution in [0.15, 0.2) is 17.2 Å². The number of aromatic nitrogens is 3. The number of rotatable bonds is 8. The summed E-state index contributed by atoms with van der Waals surface area (Å²) in [5.41, 5.74) is -3.22. The van der Waals surface area contributed by atoms with Crippen molar-refractivity contribution in [3.05, 3.63) is 33.2 Å². The summed E-state index contributed by atoms with van der Waals surface area (Å²) in [7, 11) is 0. The molecule has 1 amide bonds. The Balaban J connectivity index is 1.36. The van der Waals surface area contributed by atoms with E-state index in [1.807, 2.05) is 0 Å². The third-order valence-electron chi connectivity index (χ3n) is 4.84. The van der Waals surface area contributed by atoms with Gasteiger partial charge in [-0.2, -0.15) is 31.4 Å². The van der Waals surface area contributed by atoms with Crippen molar-refractivity contribution in [2.75, 3.05) is 56.2 Å². The SMILES string of the molecule is O=C(CCOCCNc1cn[nH]c(=O)c1C(F)(F)F)N1CCN(c2ncc(C(F)(F)F)s2)CC1. The Labute approximate surface area is 192 Å². The van der Waals surface area contributed by atoms with Gasteiger partial charge in [0.05, 0.1) is 37.7 Å². The third kappa shape index (κ3) is 6.59. The summed E-state index contributed by atoms with van der Waals surface area (Å²) in [6, 6.07) is 0. The molecule has 0 aromatic carbocycles. The van der Waals surface area contributed by atoms with Gasteiger partial charge in [0, 0.05) is 32.7 Å². The fourth-order valence-corrected chi connectivity index (χ4v) is 4.02. The average molecular weight is 514 g/mol. The smallest absolute Gasteiger partial charge is 0.381 e. The molecule has 0 bridgehead atoms. The Morgan fingerprint density at radius 2 is 1.79 bits per heavy atom. The zero-order chi connectivity index (χ0) is 24.9. The first-order chi connectivity index (χ1) is 16.0. The molecular weight excluding hydrogens is 494 g/mol. The van der Waals surface area contributed by atoms with E-state index in [2.05, 4.69) is 15.4 Å². The monoisotopic (exact) mass is 514 g/mol. The van der Waals surface area contributed by atoms with Gasteiger partial charge in [0.25, 0.3) is 5.56 Å². The van der Waals surface area contributed by atoms with Crippen molar-refractivity contribution in [3.63, 3.8) is 0 Å². The molecular formula is C18H20F6N6O3S. The van der Waals surface area contributed by atoms with E-state index in [-0.39, 0.29) is 37.2 Å². The lowest BCUT2D eigenvalue weighted by atomic mass is 10.2. The van der Waals surface area contributed by atoms with Crippen LogP contribution in [-0.2, 0) is 21.9 Å². The molecule has 0 unspecified atom stereocenters. The Morgan fingerprint density at radius 1 is 1.09 bits per heavy atom. The molecule has 0 atom stereocenters. The summed E-state index contributed by atoms with van der Waals surface area (Å²) in [6.45, 7) is 1.28. The highest BCUT2D eigenvalue weighted by molar-refractivity contribution is 7.15. The maximum absolute atomic E-state index is 13.0. The molecule has 1 fully saturated rings. The number of nitrogens with zero attached hydrogens (tertiary/aromatic N) is 4. The molecule has 16 heteroatoms. The summed E-state index contributed by atoms with van der Waals surface area (Å²) < 4.78 is 82.3. The molecule has 0 spiro atoms. The topological polar surface area (TPSA) is 103 Å². The minimum atomic E-state index is -4.85. The largest absolute Gasteiger partial charge is 0.427 e. The number of ether oxygens (including phenoxy) is 1. The van der Waals surface area contributed by atoms with E-state index in [1.165, 1.54) is 0 Å². The van der Waals surface area contributed by atoms with Crippen molar-refractivity contribution in [3.8, 4) is 0 Å². The van der Waals surface area contributed by atoms with Gasteiger partial charge in [-0.3, -0.25) is 9.59 Å². The summed E-state index contributed by atoms with van der Waals surface area (Å²) in [5, 5.41) is 7.76. The number of hydrogen-bond donors (Lipinski definition) is 2. The molecule has 2 aromatic heterocycles. The summed E-state index contributed by atoms with van der Waals surface area (Å²) in [4.78, 5) is 30.0. The van der Waals surface area contributed by atoms with Crippen molar-refractivity contribution in [2.45, 2.75) is 18.8 Å². The average Bonchev–Trinajstić information content (AvgIpc) is 3.26. The second-order valence-corrected chi connectivity index (χ2v) is 8.16. The van der Waals surface area contributed by atoms with Gasteiger partial charge in [-0.15, -0.1) is 0 Å². The molecule has 2 N–H and O–H groups in total. The standard InChI is InChI=1S/C18H20F6N6O3S/c19-17(20,21)12-10-26-16(34-12)30-5-3-29(4-6-30)13(31)1-7-33-8-2-25-11-9-27-28-15(32)14(11)18(22,23)24/h9-10H,1-8H2,(H2,25,28,32). The Bertz CT molecular complexity index is 1030. The molecule has 0 aliphatic carbocycles. The number of H-pyrrole nitrogens is 1. The predicted octanol–water partition coefficient (Wildman–Crippen LogP) is 2.43. The zero-order valence-electron chi connectivity index (χ0n) is 17.5. The molecule has 0 radical (unpaired) electrons. The van der Waals surface area contributed by atoms with Crippen LogP contribution in [0.1, 0.15) is 16.9 Å². The van der Waals surface area contributed by atoms with E-state index in [0.717, 1.165) is 12.4 Å². The molecule has 188 valence electrons. The molecule has 1 aliphatic heterocycles. The van der Waals surface area contributed by atoms with Crippen LogP contribution in [0.25, 0.3) is 0 Å². The normalized spacial score (nSPS) is 15.0. The van der Waals surface area contributed by atoms with Gasteiger partial charge in [0.1, 0.15) is 10.4 Å². The molecule has 3 rings (SSSR count). The number of alkyl halides is 6. The van der Waals surface area contributed by atoms with E-state index < -0.39 is 34.0 Å². The molecule has 34 heavy (non-hydrogen) atoms. The Hall–Kier alpha value is -2.88. The van der Waals surface area contributed by atoms with E-state index in [9.17, 15) is 35.9 Å². The molecule has 2 aromatic rings. The first-order valence-electron chi connectivity index (χ1n) is 9.99. The van der Waals surface area contributed by atoms with Gasteiger partial charge >= 0.3 is 12.4 Å². The molecule has 1 aliphatic rings. The first kappa shape index (κ1) is 25.7. The lowest BCUT2D eigenvalue weighted by Gasteiger charge is -2.34. The minimum Gasteiger partial charge on any atom is -0.381 e. The van der Waals surface area contributed by atoms with E-state index >= 15 is 0 Å². The van der Waals surface area contributed by atoms with Gasteiger partial charge in [0.2, 0.25) is 5.91 Å². The Morgan fingerprint density at radius 3 is 2.41 bits per heavy atom. The van der Waals surface area contributed by atoms with E-state index in [4.69, 9.17) is 4.74 Å². The van der Waals surface area contributed by atoms with Crippen LogP contribution in [0.4, 0.5) is 37.2 Å². The zero-order valence-corrected chi connectivity index (χ0v) is 18.3. The number of thiazole rings is 1. The quantitative estimate of drug-likeness (QED) is 0.412. The number of piperazine rings is 1. The summed E-state index contributed by atoms with van der Waals surface area (Å²) >= 11 is 0.554. The Kier molecular flexibility index (Phi) is 8.01. The summed E-state index contributed by atoms with van der Waals surface area (Å²) in [6.07, 6.45) is -7.62. The van der Waals surface area contributed by atoms with E-state index in [1.54, 1.807) is 14.9 Å². The van der Waals surface area contributed by atoms with Crippen LogP contribution >= 0.6 is 11.3 Å². The van der Waals surface area contributed by atoms with Gasteiger partial charge in [0.15, 0.2) is 5.13 Å². The van der Waals surface area contributed by atoms with Crippen LogP contribution in [0.3, 0.4) is 0 Å². The number of amides is 1. The lowest BCUT2D eigenvalue weighted by Crippen LogP contribution is -2.49. The molecule has 3 heterocycles. The van der Waals surface area contributed by atoms with Crippen molar-refractivity contribution in [2.24, 2.45) is 0 Å². The highest BCUT2D eigenvalue weighted by Gasteiger charge is 2.37. The van der Waals surface area contributed by atoms with Gasteiger partial charge in [-0.05, 0) is 0 Å². The number of aromatic amines is 1. The maximum Gasteiger partial charge on any atom is 0.427 e. The highest BCUT2D eigenvalue weighted by Crippen LogP contribution is 2.36. The van der Waals surface area contributed by atoms with Crippen molar-refractivity contribution in [1.82, 2.24) is 20.1 Å². The van der Waals surface area contributed by atoms with Gasteiger partial charge in [-0.25, -0.2) is 10.1 Å². The van der Waals surface area contributed by atoms with Gasteiger partial charge in [-0.1, -0.05) is 11.3 Å². The number of carbonyl (C=O) groups excluding carboxylic acids is 1. The number of anilines is 2. The predicted molar refractivity (Wildman–Crippen MR) is 110 cm³/mol. The number of carbonyl (C=O) groups is 1. The van der Waals surface area contributed by atoms with Crippen LogP contribution in [0.5, 0.6) is 0 Å². The van der Waals surface area contributed by atoms with E-state index in [0.29, 0.717) is 37.5 Å². The fourth-order valence-electron chi connectivity index (χ4n) is 3.18. The highest BCUT2D eigenvalue weighted by atomic mass is 32.1. The first-order valence-corrected chi connectivity index (χ1v) is 10.8. The lowest BCUT2D eigenvalue weighted by molar-refractivity contribution is -0.138. The summed E-state index contributed by atoms with van der Waals surface area (Å²) in [5.74, 6) is -0.208. The molecule has 9 nitrogen and oxygen atoms in total. The second-order valence-electron chi connectivity index (χ2n) is 7.15. The molecule has 0 saturated carbocycles. The number of halogens is 6. The van der Waals surface area contributed by atoms with Crippen molar-refractivity contribution in [1.29, 1.82) is 0 Å².